The minimum atomic E-state index is -1.08. The first-order chi connectivity index (χ1) is 13.3. The van der Waals surface area contributed by atoms with E-state index in [0.717, 1.165) is 5.69 Å². The highest BCUT2D eigenvalue weighted by molar-refractivity contribution is 6.06. The van der Waals surface area contributed by atoms with Crippen molar-refractivity contribution in [2.24, 2.45) is 0 Å². The summed E-state index contributed by atoms with van der Waals surface area (Å²) in [6.45, 7) is 5.72. The minimum absolute atomic E-state index is 0.0772. The van der Waals surface area contributed by atoms with Gasteiger partial charge in [0, 0.05) is 30.3 Å². The number of hydrogen-bond acceptors (Lipinski definition) is 5. The molecule has 3 aromatic rings. The first kappa shape index (κ1) is 19.4. The molecule has 0 radical (unpaired) electrons. The average Bonchev–Trinajstić information content (AvgIpc) is 3.17. The highest BCUT2D eigenvalue weighted by Crippen LogP contribution is 2.23. The number of nitrogens with one attached hydrogen (secondary N) is 1. The molecule has 146 valence electrons. The van der Waals surface area contributed by atoms with Gasteiger partial charge in [0.15, 0.2) is 5.82 Å². The van der Waals surface area contributed by atoms with Crippen molar-refractivity contribution in [3.8, 4) is 5.82 Å². The van der Waals surface area contributed by atoms with Gasteiger partial charge in [0.25, 0.3) is 5.91 Å². The molecule has 0 aliphatic rings. The van der Waals surface area contributed by atoms with Gasteiger partial charge in [0.1, 0.15) is 5.76 Å². The second-order valence-corrected chi connectivity index (χ2v) is 6.53. The predicted molar refractivity (Wildman–Crippen MR) is 102 cm³/mol. The van der Waals surface area contributed by atoms with Crippen molar-refractivity contribution >= 4 is 17.6 Å². The Morgan fingerprint density at radius 2 is 1.93 bits per heavy atom. The summed E-state index contributed by atoms with van der Waals surface area (Å²) in [7, 11) is 1.52. The van der Waals surface area contributed by atoms with Crippen LogP contribution in [0, 0.1) is 20.8 Å². The summed E-state index contributed by atoms with van der Waals surface area (Å²) >= 11 is 0. The highest BCUT2D eigenvalue weighted by atomic mass is 16.5. The monoisotopic (exact) mass is 383 g/mol. The SMILES string of the molecule is COCc1cc(NC(=O)c2cc(C)n(-c3cc(C)on3)c2C)cc(C(=O)O)c1. The maximum Gasteiger partial charge on any atom is 0.335 e. The number of methoxy groups -OCH3 is 1. The molecule has 2 N–H and O–H groups in total. The summed E-state index contributed by atoms with van der Waals surface area (Å²) in [5.74, 6) is -0.148. The van der Waals surface area contributed by atoms with E-state index in [2.05, 4.69) is 10.5 Å². The molecule has 0 unspecified atom stereocenters. The fourth-order valence-corrected chi connectivity index (χ4v) is 3.14. The van der Waals surface area contributed by atoms with Crippen LogP contribution in [0.2, 0.25) is 0 Å². The number of aromatic nitrogens is 2. The molecule has 0 aliphatic carbocycles. The minimum Gasteiger partial charge on any atom is -0.478 e. The van der Waals surface area contributed by atoms with Crippen LogP contribution in [0.1, 0.15) is 43.4 Å². The van der Waals surface area contributed by atoms with Crippen molar-refractivity contribution in [3.05, 3.63) is 64.2 Å². The Labute approximate surface area is 161 Å². The Kier molecular flexibility index (Phi) is 5.32. The number of carboxylic acids is 1. The second kappa shape index (κ2) is 7.69. The summed E-state index contributed by atoms with van der Waals surface area (Å²) < 4.78 is 12.0. The predicted octanol–water partition coefficient (Wildman–Crippen LogP) is 3.49. The first-order valence-corrected chi connectivity index (χ1v) is 8.60. The van der Waals surface area contributed by atoms with Crippen LogP contribution in [0.25, 0.3) is 5.82 Å². The number of ether oxygens (including phenoxy) is 1. The second-order valence-electron chi connectivity index (χ2n) is 6.53. The molecule has 3 rings (SSSR count). The number of aryl methyl sites for hydroxylation is 2. The summed E-state index contributed by atoms with van der Waals surface area (Å²) in [6, 6.07) is 8.16. The smallest absolute Gasteiger partial charge is 0.335 e. The van der Waals surface area contributed by atoms with Gasteiger partial charge in [-0.1, -0.05) is 5.16 Å². The lowest BCUT2D eigenvalue weighted by Crippen LogP contribution is -2.14. The van der Waals surface area contributed by atoms with Gasteiger partial charge in [-0.2, -0.15) is 0 Å². The van der Waals surface area contributed by atoms with Crippen LogP contribution in [0.4, 0.5) is 5.69 Å². The van der Waals surface area contributed by atoms with E-state index >= 15 is 0 Å². The number of carbonyl (C=O) groups excluding carboxylic acids is 1. The average molecular weight is 383 g/mol. The molecule has 0 fully saturated rings. The summed E-state index contributed by atoms with van der Waals surface area (Å²) in [4.78, 5) is 24.2. The number of nitrogens with zero attached hydrogens (tertiary/aromatic N) is 2. The normalized spacial score (nSPS) is 10.9. The Morgan fingerprint density at radius 1 is 1.18 bits per heavy atom. The number of aromatic carboxylic acids is 1. The number of carbonyl (C=O) groups is 2. The molecule has 1 amide bonds. The van der Waals surface area contributed by atoms with E-state index in [4.69, 9.17) is 9.26 Å². The van der Waals surface area contributed by atoms with Gasteiger partial charge in [-0.05, 0) is 50.6 Å². The molecule has 8 nitrogen and oxygen atoms in total. The van der Waals surface area contributed by atoms with Crippen molar-refractivity contribution in [2.45, 2.75) is 27.4 Å². The molecule has 0 saturated heterocycles. The van der Waals surface area contributed by atoms with Gasteiger partial charge in [-0.25, -0.2) is 4.79 Å². The number of amides is 1. The van der Waals surface area contributed by atoms with Gasteiger partial charge in [0.05, 0.1) is 17.7 Å². The third-order valence-corrected chi connectivity index (χ3v) is 4.33. The van der Waals surface area contributed by atoms with Crippen LogP contribution in [0.3, 0.4) is 0 Å². The van der Waals surface area contributed by atoms with E-state index in [1.165, 1.54) is 19.2 Å². The van der Waals surface area contributed by atoms with Crippen LogP contribution >= 0.6 is 0 Å². The number of carboxylic acid groups (broad SMARTS) is 1. The fraction of sp³-hybridized carbons (Fsp3) is 0.250. The Bertz CT molecular complexity index is 1050. The molecule has 0 aliphatic heterocycles. The van der Waals surface area contributed by atoms with E-state index in [1.807, 2.05) is 18.4 Å². The molecule has 1 aromatic carbocycles. The number of benzene rings is 1. The molecule has 0 saturated carbocycles. The van der Waals surface area contributed by atoms with Crippen LogP contribution in [0.15, 0.2) is 34.9 Å². The highest BCUT2D eigenvalue weighted by Gasteiger charge is 2.19. The van der Waals surface area contributed by atoms with E-state index in [0.29, 0.717) is 34.1 Å². The zero-order valence-electron chi connectivity index (χ0n) is 16.1. The number of rotatable bonds is 6. The largest absolute Gasteiger partial charge is 0.478 e. The third kappa shape index (κ3) is 3.81. The number of hydrogen-bond donors (Lipinski definition) is 2. The molecule has 0 spiro atoms. The van der Waals surface area contributed by atoms with Crippen molar-refractivity contribution in [3.63, 3.8) is 0 Å². The zero-order chi connectivity index (χ0) is 20.4. The summed E-state index contributed by atoms with van der Waals surface area (Å²) in [5, 5.41) is 16.1. The standard InChI is InChI=1S/C20H21N3O5/c1-11-5-17(13(3)23(11)18-6-12(2)28-22-18)19(24)21-16-8-14(10-27-4)7-15(9-16)20(25)26/h5-9H,10H2,1-4H3,(H,21,24)(H,25,26). The van der Waals surface area contributed by atoms with Crippen LogP contribution in [-0.2, 0) is 11.3 Å². The van der Waals surface area contributed by atoms with Gasteiger partial charge in [0.2, 0.25) is 0 Å². The molecule has 2 aromatic heterocycles. The topological polar surface area (TPSA) is 107 Å². The first-order valence-electron chi connectivity index (χ1n) is 8.60. The van der Waals surface area contributed by atoms with Crippen LogP contribution < -0.4 is 5.32 Å². The van der Waals surface area contributed by atoms with Crippen LogP contribution in [-0.4, -0.2) is 33.8 Å². The molecular formula is C20H21N3O5. The lowest BCUT2D eigenvalue weighted by atomic mass is 10.1. The summed E-state index contributed by atoms with van der Waals surface area (Å²) in [5.41, 5.74) is 3.12. The van der Waals surface area contributed by atoms with Gasteiger partial charge < -0.3 is 19.7 Å². The van der Waals surface area contributed by atoms with Crippen molar-refractivity contribution in [2.75, 3.05) is 12.4 Å². The Morgan fingerprint density at radius 3 is 2.54 bits per heavy atom. The lowest BCUT2D eigenvalue weighted by molar-refractivity contribution is 0.0696. The maximum atomic E-state index is 12.8. The molecule has 2 heterocycles. The zero-order valence-corrected chi connectivity index (χ0v) is 16.1. The van der Waals surface area contributed by atoms with Gasteiger partial charge >= 0.3 is 5.97 Å². The molecule has 0 atom stereocenters. The van der Waals surface area contributed by atoms with Crippen LogP contribution in [0.5, 0.6) is 0 Å². The molecule has 8 heteroatoms. The Balaban J connectivity index is 1.93. The molecule has 0 bridgehead atoms. The molecule has 28 heavy (non-hydrogen) atoms. The van der Waals surface area contributed by atoms with E-state index in [1.54, 1.807) is 25.1 Å². The fourth-order valence-electron chi connectivity index (χ4n) is 3.14. The summed E-state index contributed by atoms with van der Waals surface area (Å²) in [6.07, 6.45) is 0. The van der Waals surface area contributed by atoms with E-state index in [9.17, 15) is 14.7 Å². The van der Waals surface area contributed by atoms with Crippen molar-refractivity contribution < 1.29 is 24.0 Å². The van der Waals surface area contributed by atoms with Gasteiger partial charge in [-0.3, -0.25) is 9.36 Å². The quantitative estimate of drug-likeness (QED) is 0.675. The Hall–Kier alpha value is -3.39. The van der Waals surface area contributed by atoms with Crippen molar-refractivity contribution in [1.29, 1.82) is 0 Å². The lowest BCUT2D eigenvalue weighted by Gasteiger charge is -2.10. The molecular weight excluding hydrogens is 362 g/mol. The third-order valence-electron chi connectivity index (χ3n) is 4.33. The number of anilines is 1. The maximum absolute atomic E-state index is 12.8. The van der Waals surface area contributed by atoms with Crippen molar-refractivity contribution in [1.82, 2.24) is 9.72 Å². The van der Waals surface area contributed by atoms with Gasteiger partial charge in [-0.15, -0.1) is 0 Å². The van der Waals surface area contributed by atoms with E-state index in [-0.39, 0.29) is 18.1 Å². The van der Waals surface area contributed by atoms with E-state index < -0.39 is 5.97 Å².